The summed E-state index contributed by atoms with van der Waals surface area (Å²) < 4.78 is 0. The summed E-state index contributed by atoms with van der Waals surface area (Å²) in [5.41, 5.74) is 14.1. The maximum Gasteiger partial charge on any atom is 0.159 e. The molecule has 4 rings (SSSR count). The Morgan fingerprint density at radius 2 is 0.968 bits per heavy atom. The molecule has 0 saturated carbocycles. The van der Waals surface area contributed by atoms with Gasteiger partial charge in [0.1, 0.15) is 0 Å². The van der Waals surface area contributed by atoms with Gasteiger partial charge in [-0.1, -0.05) is 96.3 Å². The highest BCUT2D eigenvalue weighted by Crippen LogP contribution is 2.27. The topological polar surface area (TPSA) is 76.8 Å². The quantitative estimate of drug-likeness (QED) is 0.179. The van der Waals surface area contributed by atoms with Crippen molar-refractivity contribution in [2.45, 2.75) is 0 Å². The van der Waals surface area contributed by atoms with E-state index in [1.807, 2.05) is 48.5 Å². The molecule has 0 aliphatic heterocycles. The Kier molecular flexibility index (Phi) is 8.40. The molecule has 4 aromatic carbocycles. The van der Waals surface area contributed by atoms with Gasteiger partial charge in [0.15, 0.2) is 10.3 Å². The minimum Gasteiger partial charge on any atom is -0.378 e. The molecule has 4 aromatic rings. The van der Waals surface area contributed by atoms with Gasteiger partial charge in [0, 0.05) is 22.3 Å². The SMILES string of the molecule is Br.NC(=Nc1cccc2ccccc12)SCCSC(N)=Nc1cccc2ccccc12. The summed E-state index contributed by atoms with van der Waals surface area (Å²) in [6, 6.07) is 28.5. The smallest absolute Gasteiger partial charge is 0.159 e. The molecule has 0 amide bonds. The first-order valence-electron chi connectivity index (χ1n) is 9.60. The normalized spacial score (nSPS) is 12.1. The molecule has 7 heteroatoms. The Hall–Kier alpha value is -2.48. The Morgan fingerprint density at radius 3 is 1.42 bits per heavy atom. The number of aliphatic imine (C=N–C) groups is 2. The van der Waals surface area contributed by atoms with Crippen molar-refractivity contribution in [1.82, 2.24) is 0 Å². The van der Waals surface area contributed by atoms with Crippen LogP contribution in [-0.4, -0.2) is 21.8 Å². The van der Waals surface area contributed by atoms with Crippen LogP contribution in [0.4, 0.5) is 11.4 Å². The lowest BCUT2D eigenvalue weighted by atomic mass is 10.1. The van der Waals surface area contributed by atoms with E-state index in [4.69, 9.17) is 11.5 Å². The third-order valence-corrected chi connectivity index (χ3v) is 6.43. The van der Waals surface area contributed by atoms with Gasteiger partial charge in [-0.15, -0.1) is 17.0 Å². The highest BCUT2D eigenvalue weighted by Gasteiger charge is 2.03. The van der Waals surface area contributed by atoms with Gasteiger partial charge in [-0.25, -0.2) is 9.98 Å². The lowest BCUT2D eigenvalue weighted by molar-refractivity contribution is 1.52. The Labute approximate surface area is 201 Å². The Morgan fingerprint density at radius 1 is 0.581 bits per heavy atom. The lowest BCUT2D eigenvalue weighted by Gasteiger charge is -2.05. The summed E-state index contributed by atoms with van der Waals surface area (Å²) in [6.07, 6.45) is 0. The van der Waals surface area contributed by atoms with E-state index in [1.54, 1.807) is 0 Å². The molecule has 0 aliphatic rings. The van der Waals surface area contributed by atoms with Crippen molar-refractivity contribution in [3.05, 3.63) is 84.9 Å². The number of nitrogens with two attached hydrogens (primary N) is 2. The van der Waals surface area contributed by atoms with Crippen molar-refractivity contribution in [3.63, 3.8) is 0 Å². The van der Waals surface area contributed by atoms with Gasteiger partial charge in [-0.3, -0.25) is 0 Å². The molecule has 4 nitrogen and oxygen atoms in total. The van der Waals surface area contributed by atoms with Crippen LogP contribution in [0, 0.1) is 0 Å². The van der Waals surface area contributed by atoms with Crippen molar-refractivity contribution in [1.29, 1.82) is 0 Å². The standard InChI is InChI=1S/C24H22N4S2.BrH/c25-23(27-21-13-5-9-17-7-1-3-11-19(17)21)29-15-16-30-24(26)28-22-14-6-10-18-8-2-4-12-20(18)22;/h1-14H,15-16H2,(H2,25,27)(H2,26,28);1H. The van der Waals surface area contributed by atoms with Crippen LogP contribution in [0.2, 0.25) is 0 Å². The van der Waals surface area contributed by atoms with E-state index in [2.05, 4.69) is 46.4 Å². The third kappa shape index (κ3) is 6.03. The summed E-state index contributed by atoms with van der Waals surface area (Å²) in [6.45, 7) is 0. The summed E-state index contributed by atoms with van der Waals surface area (Å²) in [7, 11) is 0. The van der Waals surface area contributed by atoms with Crippen LogP contribution in [0.15, 0.2) is 94.9 Å². The van der Waals surface area contributed by atoms with E-state index in [0.29, 0.717) is 10.3 Å². The van der Waals surface area contributed by atoms with Crippen molar-refractivity contribution in [3.8, 4) is 0 Å². The predicted octanol–water partition coefficient (Wildman–Crippen LogP) is 6.63. The molecular weight excluding hydrogens is 488 g/mol. The van der Waals surface area contributed by atoms with Crippen LogP contribution >= 0.6 is 40.5 Å². The van der Waals surface area contributed by atoms with Crippen LogP contribution in [0.1, 0.15) is 0 Å². The summed E-state index contributed by atoms with van der Waals surface area (Å²) in [5, 5.41) is 5.62. The number of hydrogen-bond acceptors (Lipinski definition) is 4. The minimum absolute atomic E-state index is 0. The lowest BCUT2D eigenvalue weighted by Crippen LogP contribution is -2.10. The fourth-order valence-electron chi connectivity index (χ4n) is 3.21. The van der Waals surface area contributed by atoms with Gasteiger partial charge in [0.05, 0.1) is 11.4 Å². The number of halogens is 1. The molecular formula is C24H23BrN4S2. The number of thioether (sulfide) groups is 2. The van der Waals surface area contributed by atoms with Crippen molar-refractivity contribution < 1.29 is 0 Å². The molecule has 31 heavy (non-hydrogen) atoms. The largest absolute Gasteiger partial charge is 0.378 e. The van der Waals surface area contributed by atoms with Gasteiger partial charge in [0.2, 0.25) is 0 Å². The molecule has 0 fully saturated rings. The molecule has 0 radical (unpaired) electrons. The minimum atomic E-state index is 0. The number of fused-ring (bicyclic) bond motifs is 2. The van der Waals surface area contributed by atoms with E-state index in [0.717, 1.165) is 44.4 Å². The molecule has 4 N–H and O–H groups in total. The second-order valence-electron chi connectivity index (χ2n) is 6.59. The molecule has 0 aliphatic carbocycles. The predicted molar refractivity (Wildman–Crippen MR) is 146 cm³/mol. The second kappa shape index (κ2) is 11.2. The van der Waals surface area contributed by atoms with Crippen LogP contribution in [0.5, 0.6) is 0 Å². The summed E-state index contributed by atoms with van der Waals surface area (Å²) >= 11 is 3.05. The number of nitrogens with zero attached hydrogens (tertiary/aromatic N) is 2. The third-order valence-electron chi connectivity index (χ3n) is 4.58. The first kappa shape index (κ1) is 23.2. The highest BCUT2D eigenvalue weighted by molar-refractivity contribution is 8.93. The van der Waals surface area contributed by atoms with Crippen molar-refractivity contribution in [2.24, 2.45) is 21.5 Å². The molecule has 158 valence electrons. The van der Waals surface area contributed by atoms with Gasteiger partial charge < -0.3 is 11.5 Å². The van der Waals surface area contributed by atoms with Gasteiger partial charge in [-0.2, -0.15) is 0 Å². The zero-order valence-electron chi connectivity index (χ0n) is 16.8. The average molecular weight is 512 g/mol. The van der Waals surface area contributed by atoms with Gasteiger partial charge in [0.25, 0.3) is 0 Å². The fraction of sp³-hybridized carbons (Fsp3) is 0.0833. The van der Waals surface area contributed by atoms with Crippen LogP contribution in [-0.2, 0) is 0 Å². The van der Waals surface area contributed by atoms with E-state index >= 15 is 0 Å². The maximum absolute atomic E-state index is 6.14. The molecule has 0 aromatic heterocycles. The Bertz CT molecular complexity index is 1130. The number of amidine groups is 2. The van der Waals surface area contributed by atoms with Crippen molar-refractivity contribution >= 4 is 83.8 Å². The van der Waals surface area contributed by atoms with Crippen LogP contribution in [0.25, 0.3) is 21.5 Å². The average Bonchev–Trinajstić information content (AvgIpc) is 2.77. The van der Waals surface area contributed by atoms with Gasteiger partial charge >= 0.3 is 0 Å². The Balaban J connectivity index is 0.00000272. The summed E-state index contributed by atoms with van der Waals surface area (Å²) in [4.78, 5) is 9.18. The molecule has 0 heterocycles. The molecule has 0 spiro atoms. The molecule has 0 atom stereocenters. The monoisotopic (exact) mass is 510 g/mol. The number of benzene rings is 4. The number of rotatable bonds is 5. The zero-order chi connectivity index (χ0) is 20.8. The zero-order valence-corrected chi connectivity index (χ0v) is 20.1. The highest BCUT2D eigenvalue weighted by atomic mass is 79.9. The van der Waals surface area contributed by atoms with Crippen LogP contribution in [0.3, 0.4) is 0 Å². The molecule has 0 unspecified atom stereocenters. The van der Waals surface area contributed by atoms with Crippen molar-refractivity contribution in [2.75, 3.05) is 11.5 Å². The molecule has 0 saturated heterocycles. The fourth-order valence-corrected chi connectivity index (χ4v) is 4.62. The van der Waals surface area contributed by atoms with Gasteiger partial charge in [-0.05, 0) is 22.9 Å². The maximum atomic E-state index is 6.14. The second-order valence-corrected chi connectivity index (χ2v) is 8.82. The number of hydrogen-bond donors (Lipinski definition) is 2. The van der Waals surface area contributed by atoms with E-state index in [9.17, 15) is 0 Å². The van der Waals surface area contributed by atoms with E-state index in [1.165, 1.54) is 23.5 Å². The van der Waals surface area contributed by atoms with E-state index < -0.39 is 0 Å². The van der Waals surface area contributed by atoms with E-state index in [-0.39, 0.29) is 17.0 Å². The summed E-state index contributed by atoms with van der Waals surface area (Å²) in [5.74, 6) is 1.60. The molecule has 0 bridgehead atoms. The first-order valence-corrected chi connectivity index (χ1v) is 11.6. The van der Waals surface area contributed by atoms with Crippen LogP contribution < -0.4 is 11.5 Å². The first-order chi connectivity index (χ1) is 14.7.